The van der Waals surface area contributed by atoms with Crippen LogP contribution in [0, 0.1) is 23.7 Å². The lowest BCUT2D eigenvalue weighted by atomic mass is 9.75. The monoisotopic (exact) mass is 268 g/mol. The van der Waals surface area contributed by atoms with Crippen molar-refractivity contribution in [3.8, 4) is 0 Å². The Morgan fingerprint density at radius 1 is 1.21 bits per heavy atom. The van der Waals surface area contributed by atoms with Gasteiger partial charge in [-0.3, -0.25) is 4.79 Å². The molecule has 0 aromatic heterocycles. The second kappa shape index (κ2) is 3.95. The van der Waals surface area contributed by atoms with Crippen molar-refractivity contribution in [3.63, 3.8) is 0 Å². The van der Waals surface area contributed by atoms with Crippen LogP contribution in [-0.2, 0) is 9.53 Å². The van der Waals surface area contributed by atoms with E-state index in [9.17, 15) is 15.0 Å². The van der Waals surface area contributed by atoms with E-state index in [2.05, 4.69) is 0 Å². The summed E-state index contributed by atoms with van der Waals surface area (Å²) in [4.78, 5) is 11.8. The number of hydrogen-bond donors (Lipinski definition) is 2. The highest BCUT2D eigenvalue weighted by molar-refractivity contribution is 5.74. The molecule has 108 valence electrons. The van der Waals surface area contributed by atoms with Crippen LogP contribution in [0.1, 0.15) is 46.5 Å². The average molecular weight is 268 g/mol. The molecule has 2 aliphatic carbocycles. The Morgan fingerprint density at radius 3 is 2.58 bits per heavy atom. The molecule has 3 aliphatic rings. The molecule has 0 bridgehead atoms. The van der Waals surface area contributed by atoms with E-state index in [1.54, 1.807) is 0 Å². The lowest BCUT2D eigenvalue weighted by Crippen LogP contribution is -2.41. The number of ether oxygens (including phenoxy) is 1. The highest BCUT2D eigenvalue weighted by atomic mass is 16.6. The molecule has 1 heterocycles. The zero-order valence-electron chi connectivity index (χ0n) is 11.9. The molecule has 3 fully saturated rings. The van der Waals surface area contributed by atoms with E-state index in [4.69, 9.17) is 4.74 Å². The molecule has 1 unspecified atom stereocenters. The lowest BCUT2D eigenvalue weighted by Gasteiger charge is -2.35. The van der Waals surface area contributed by atoms with Crippen molar-refractivity contribution in [2.75, 3.05) is 0 Å². The molecule has 0 radical (unpaired) electrons. The Balaban J connectivity index is 1.95. The number of carbonyl (C=O) groups is 1. The van der Waals surface area contributed by atoms with Gasteiger partial charge in [-0.2, -0.15) is 0 Å². The SMILES string of the molecule is C[C@@H]1C(=O)OC2C[C@](C)(O)[C@@H]3CC[C@](C)(O)[C@@H]3C[C@@H]21. The van der Waals surface area contributed by atoms with Gasteiger partial charge in [-0.1, -0.05) is 6.92 Å². The first-order valence-corrected chi connectivity index (χ1v) is 7.37. The van der Waals surface area contributed by atoms with Gasteiger partial charge in [-0.05, 0) is 44.9 Å². The van der Waals surface area contributed by atoms with Crippen LogP contribution < -0.4 is 0 Å². The molecule has 1 saturated heterocycles. The zero-order valence-corrected chi connectivity index (χ0v) is 11.9. The maximum Gasteiger partial charge on any atom is 0.309 e. The van der Waals surface area contributed by atoms with Crippen LogP contribution in [0.4, 0.5) is 0 Å². The fourth-order valence-electron chi connectivity index (χ4n) is 4.67. The van der Waals surface area contributed by atoms with Gasteiger partial charge in [-0.15, -0.1) is 0 Å². The molecule has 2 saturated carbocycles. The van der Waals surface area contributed by atoms with Gasteiger partial charge in [0.15, 0.2) is 0 Å². The molecule has 2 N–H and O–H groups in total. The third-order valence-electron chi connectivity index (χ3n) is 5.94. The minimum atomic E-state index is -0.852. The predicted octanol–water partition coefficient (Wildman–Crippen LogP) is 1.49. The van der Waals surface area contributed by atoms with Crippen molar-refractivity contribution in [2.45, 2.75) is 63.8 Å². The Hall–Kier alpha value is -0.610. The first-order chi connectivity index (χ1) is 8.72. The van der Waals surface area contributed by atoms with Crippen molar-refractivity contribution in [1.29, 1.82) is 0 Å². The molecule has 4 heteroatoms. The Bertz CT molecular complexity index is 401. The molecule has 7 atom stereocenters. The van der Waals surface area contributed by atoms with E-state index in [0.29, 0.717) is 6.42 Å². The molecule has 19 heavy (non-hydrogen) atoms. The largest absolute Gasteiger partial charge is 0.462 e. The summed E-state index contributed by atoms with van der Waals surface area (Å²) in [5.74, 6) is 0.0461. The van der Waals surface area contributed by atoms with Gasteiger partial charge in [0, 0.05) is 12.3 Å². The summed E-state index contributed by atoms with van der Waals surface area (Å²) in [5.41, 5.74) is -1.58. The van der Waals surface area contributed by atoms with E-state index in [1.165, 1.54) is 0 Å². The standard InChI is InChI=1S/C15H24O4/c1-8-9-6-11-10(4-5-14(11,2)17)15(3,18)7-12(9)19-13(8)16/h8-12,17-18H,4-7H2,1-3H3/t8-,9+,10+,11+,12?,14-,15-/m0/s1. The molecule has 4 nitrogen and oxygen atoms in total. The maximum absolute atomic E-state index is 11.8. The highest BCUT2D eigenvalue weighted by Crippen LogP contribution is 2.54. The zero-order chi connectivity index (χ0) is 14.0. The number of rotatable bonds is 0. The summed E-state index contributed by atoms with van der Waals surface area (Å²) in [6, 6.07) is 0. The second-order valence-electron chi connectivity index (χ2n) is 7.33. The first-order valence-electron chi connectivity index (χ1n) is 7.37. The van der Waals surface area contributed by atoms with Crippen LogP contribution in [0.5, 0.6) is 0 Å². The molecule has 0 aromatic rings. The van der Waals surface area contributed by atoms with E-state index in [1.807, 2.05) is 20.8 Å². The third-order valence-corrected chi connectivity index (χ3v) is 5.94. The molecule has 0 aromatic carbocycles. The quantitative estimate of drug-likeness (QED) is 0.653. The van der Waals surface area contributed by atoms with E-state index in [0.717, 1.165) is 19.3 Å². The fraction of sp³-hybridized carbons (Fsp3) is 0.933. The van der Waals surface area contributed by atoms with Gasteiger partial charge in [0.1, 0.15) is 6.10 Å². The first kappa shape index (κ1) is 13.4. The number of aliphatic hydroxyl groups is 2. The van der Waals surface area contributed by atoms with Crippen molar-refractivity contribution in [1.82, 2.24) is 0 Å². The average Bonchev–Trinajstić information content (AvgIpc) is 2.66. The van der Waals surface area contributed by atoms with Crippen molar-refractivity contribution in [3.05, 3.63) is 0 Å². The van der Waals surface area contributed by atoms with Gasteiger partial charge < -0.3 is 14.9 Å². The summed E-state index contributed by atoms with van der Waals surface area (Å²) in [6.07, 6.45) is 2.70. The van der Waals surface area contributed by atoms with E-state index in [-0.39, 0.29) is 35.7 Å². The molecular weight excluding hydrogens is 244 g/mol. The fourth-order valence-corrected chi connectivity index (χ4v) is 4.67. The lowest BCUT2D eigenvalue weighted by molar-refractivity contribution is -0.146. The Kier molecular flexibility index (Phi) is 2.78. The van der Waals surface area contributed by atoms with Gasteiger partial charge in [0.2, 0.25) is 0 Å². The van der Waals surface area contributed by atoms with E-state index < -0.39 is 11.2 Å². The number of fused-ring (bicyclic) bond motifs is 2. The topological polar surface area (TPSA) is 66.8 Å². The van der Waals surface area contributed by atoms with Gasteiger partial charge in [0.05, 0.1) is 17.1 Å². The molecular formula is C15H24O4. The van der Waals surface area contributed by atoms with Crippen LogP contribution >= 0.6 is 0 Å². The smallest absolute Gasteiger partial charge is 0.309 e. The van der Waals surface area contributed by atoms with Crippen molar-refractivity contribution >= 4 is 5.97 Å². The third kappa shape index (κ3) is 1.91. The molecule has 3 rings (SSSR count). The summed E-state index contributed by atoms with van der Waals surface area (Å²) in [5, 5.41) is 21.4. The second-order valence-corrected chi connectivity index (χ2v) is 7.33. The molecule has 1 aliphatic heterocycles. The molecule has 0 spiro atoms. The minimum Gasteiger partial charge on any atom is -0.462 e. The number of esters is 1. The van der Waals surface area contributed by atoms with E-state index >= 15 is 0 Å². The van der Waals surface area contributed by atoms with Crippen LogP contribution in [0.25, 0.3) is 0 Å². The summed E-state index contributed by atoms with van der Waals surface area (Å²) in [6.45, 7) is 5.62. The summed E-state index contributed by atoms with van der Waals surface area (Å²) in [7, 11) is 0. The summed E-state index contributed by atoms with van der Waals surface area (Å²) < 4.78 is 5.45. The van der Waals surface area contributed by atoms with Crippen LogP contribution in [0.15, 0.2) is 0 Å². The van der Waals surface area contributed by atoms with Crippen LogP contribution in [0.2, 0.25) is 0 Å². The molecule has 0 amide bonds. The van der Waals surface area contributed by atoms with Crippen LogP contribution in [-0.4, -0.2) is 33.5 Å². The van der Waals surface area contributed by atoms with Gasteiger partial charge in [-0.25, -0.2) is 0 Å². The van der Waals surface area contributed by atoms with Crippen LogP contribution in [0.3, 0.4) is 0 Å². The van der Waals surface area contributed by atoms with Crippen molar-refractivity contribution < 1.29 is 19.7 Å². The maximum atomic E-state index is 11.8. The number of carbonyl (C=O) groups excluding carboxylic acids is 1. The van der Waals surface area contributed by atoms with Crippen molar-refractivity contribution in [2.24, 2.45) is 23.7 Å². The normalized spacial score (nSPS) is 57.3. The highest BCUT2D eigenvalue weighted by Gasteiger charge is 2.58. The van der Waals surface area contributed by atoms with Gasteiger partial charge in [0.25, 0.3) is 0 Å². The number of hydrogen-bond acceptors (Lipinski definition) is 4. The van der Waals surface area contributed by atoms with Gasteiger partial charge >= 0.3 is 5.97 Å². The summed E-state index contributed by atoms with van der Waals surface area (Å²) >= 11 is 0. The Labute approximate surface area is 114 Å². The predicted molar refractivity (Wildman–Crippen MR) is 69.2 cm³/mol. The minimum absolute atomic E-state index is 0.0643. The Morgan fingerprint density at radius 2 is 1.89 bits per heavy atom.